The topological polar surface area (TPSA) is 60.9 Å². The summed E-state index contributed by atoms with van der Waals surface area (Å²) in [5, 5.41) is 0.707. The van der Waals surface area contributed by atoms with Gasteiger partial charge in [0.05, 0.1) is 18.5 Å². The summed E-state index contributed by atoms with van der Waals surface area (Å²) in [6.07, 6.45) is 1.03. The maximum Gasteiger partial charge on any atom is 0.257 e. The molecule has 0 radical (unpaired) electrons. The maximum absolute atomic E-state index is 13.1. The first-order valence-electron chi connectivity index (χ1n) is 10.2. The summed E-state index contributed by atoms with van der Waals surface area (Å²) in [4.78, 5) is 44.3. The van der Waals surface area contributed by atoms with Gasteiger partial charge in [-0.15, -0.1) is 11.3 Å². The minimum absolute atomic E-state index is 0.0887. The molecule has 0 spiro atoms. The number of aryl methyl sites for hydroxylation is 3. The lowest BCUT2D eigenvalue weighted by atomic mass is 9.96. The zero-order chi connectivity index (χ0) is 21.7. The van der Waals surface area contributed by atoms with Gasteiger partial charge in [0.2, 0.25) is 11.8 Å². The van der Waals surface area contributed by atoms with Gasteiger partial charge in [-0.25, -0.2) is 0 Å². The molecule has 0 atom stereocenters. The Morgan fingerprint density at radius 3 is 2.40 bits per heavy atom. The smallest absolute Gasteiger partial charge is 0.257 e. The summed E-state index contributed by atoms with van der Waals surface area (Å²) < 4.78 is 0. The molecular weight excluding hydrogens is 398 g/mol. The highest BCUT2D eigenvalue weighted by Gasteiger charge is 2.36. The fraction of sp³-hybridized carbons (Fsp3) is 0.435. The lowest BCUT2D eigenvalue weighted by Gasteiger charge is -2.28. The first kappa shape index (κ1) is 20.6. The number of carbonyl (C=O) groups excluding carboxylic acids is 3. The van der Waals surface area contributed by atoms with E-state index in [0.29, 0.717) is 36.5 Å². The van der Waals surface area contributed by atoms with Crippen LogP contribution in [0, 0.1) is 20.8 Å². The SMILES string of the molecule is Cc1cc(C)c(CC(=O)N2CCc3c(sc4c3C(=O)N(C)CC(=O)N4C)C2)c(C)c1. The van der Waals surface area contributed by atoms with Crippen molar-refractivity contribution in [2.45, 2.75) is 40.2 Å². The molecule has 2 aliphatic heterocycles. The second-order valence-electron chi connectivity index (χ2n) is 8.42. The van der Waals surface area contributed by atoms with Crippen molar-refractivity contribution >= 4 is 34.1 Å². The predicted molar refractivity (Wildman–Crippen MR) is 118 cm³/mol. The van der Waals surface area contributed by atoms with Gasteiger partial charge < -0.3 is 14.7 Å². The number of hydrogen-bond acceptors (Lipinski definition) is 4. The van der Waals surface area contributed by atoms with Crippen LogP contribution in [0.15, 0.2) is 12.1 Å². The Kier molecular flexibility index (Phi) is 5.18. The van der Waals surface area contributed by atoms with E-state index in [2.05, 4.69) is 32.9 Å². The summed E-state index contributed by atoms with van der Waals surface area (Å²) in [5.74, 6) is -0.0977. The molecule has 158 valence electrons. The fourth-order valence-corrected chi connectivity index (χ4v) is 5.83. The third-order valence-corrected chi connectivity index (χ3v) is 7.46. The van der Waals surface area contributed by atoms with Crippen molar-refractivity contribution in [3.05, 3.63) is 50.4 Å². The van der Waals surface area contributed by atoms with Gasteiger partial charge in [0, 0.05) is 25.5 Å². The van der Waals surface area contributed by atoms with E-state index in [1.807, 2.05) is 4.90 Å². The van der Waals surface area contributed by atoms with E-state index >= 15 is 0 Å². The fourth-order valence-electron chi connectivity index (χ4n) is 4.50. The lowest BCUT2D eigenvalue weighted by Crippen LogP contribution is -2.38. The molecule has 2 aliphatic rings. The molecule has 6 nitrogen and oxygen atoms in total. The predicted octanol–water partition coefficient (Wildman–Crippen LogP) is 2.85. The molecule has 30 heavy (non-hydrogen) atoms. The second kappa shape index (κ2) is 7.54. The van der Waals surface area contributed by atoms with Gasteiger partial charge in [-0.1, -0.05) is 17.7 Å². The van der Waals surface area contributed by atoms with Crippen molar-refractivity contribution in [3.63, 3.8) is 0 Å². The quantitative estimate of drug-likeness (QED) is 0.743. The Bertz CT molecular complexity index is 1050. The number of hydrogen-bond donors (Lipinski definition) is 0. The highest BCUT2D eigenvalue weighted by atomic mass is 32.1. The van der Waals surface area contributed by atoms with E-state index in [1.54, 1.807) is 19.0 Å². The Morgan fingerprint density at radius 2 is 1.73 bits per heavy atom. The van der Waals surface area contributed by atoms with Crippen LogP contribution < -0.4 is 4.90 Å². The van der Waals surface area contributed by atoms with Gasteiger partial charge >= 0.3 is 0 Å². The van der Waals surface area contributed by atoms with Gasteiger partial charge in [0.1, 0.15) is 11.5 Å². The van der Waals surface area contributed by atoms with Gasteiger partial charge in [-0.2, -0.15) is 0 Å². The third kappa shape index (κ3) is 3.41. The number of thiophene rings is 1. The lowest BCUT2D eigenvalue weighted by molar-refractivity contribution is -0.131. The Labute approximate surface area is 181 Å². The summed E-state index contributed by atoms with van der Waals surface area (Å²) >= 11 is 1.47. The van der Waals surface area contributed by atoms with Crippen LogP contribution in [0.1, 0.15) is 43.1 Å². The minimum Gasteiger partial charge on any atom is -0.337 e. The first-order chi connectivity index (χ1) is 14.2. The number of likely N-dealkylation sites (N-methyl/N-ethyl adjacent to an activating group) is 2. The zero-order valence-electron chi connectivity index (χ0n) is 18.2. The van der Waals surface area contributed by atoms with Crippen molar-refractivity contribution < 1.29 is 14.4 Å². The molecule has 4 rings (SSSR count). The zero-order valence-corrected chi connectivity index (χ0v) is 19.0. The highest BCUT2D eigenvalue weighted by molar-refractivity contribution is 7.17. The summed E-state index contributed by atoms with van der Waals surface area (Å²) in [6, 6.07) is 4.24. The minimum atomic E-state index is -0.106. The van der Waals surface area contributed by atoms with E-state index in [9.17, 15) is 14.4 Å². The van der Waals surface area contributed by atoms with Crippen LogP contribution in [-0.2, 0) is 29.0 Å². The van der Waals surface area contributed by atoms with E-state index in [4.69, 9.17) is 0 Å². The van der Waals surface area contributed by atoms with Crippen molar-refractivity contribution in [2.24, 2.45) is 0 Å². The number of benzene rings is 1. The van der Waals surface area contributed by atoms with Crippen molar-refractivity contribution in [1.29, 1.82) is 0 Å². The van der Waals surface area contributed by atoms with E-state index in [-0.39, 0.29) is 24.3 Å². The molecule has 0 saturated carbocycles. The van der Waals surface area contributed by atoms with Crippen LogP contribution >= 0.6 is 11.3 Å². The highest BCUT2D eigenvalue weighted by Crippen LogP contribution is 2.40. The Balaban J connectivity index is 1.60. The van der Waals surface area contributed by atoms with Crippen molar-refractivity contribution in [2.75, 3.05) is 32.1 Å². The third-order valence-electron chi connectivity index (χ3n) is 6.17. The van der Waals surface area contributed by atoms with Crippen molar-refractivity contribution in [3.8, 4) is 0 Å². The summed E-state index contributed by atoms with van der Waals surface area (Å²) in [7, 11) is 3.39. The van der Waals surface area contributed by atoms with Crippen LogP contribution in [-0.4, -0.2) is 54.7 Å². The van der Waals surface area contributed by atoms with E-state index < -0.39 is 0 Å². The molecule has 3 heterocycles. The van der Waals surface area contributed by atoms with Crippen LogP contribution in [0.2, 0.25) is 0 Å². The maximum atomic E-state index is 13.1. The molecule has 7 heteroatoms. The van der Waals surface area contributed by atoms with Gasteiger partial charge in [0.15, 0.2) is 0 Å². The number of fused-ring (bicyclic) bond motifs is 3. The van der Waals surface area contributed by atoms with Gasteiger partial charge in [-0.3, -0.25) is 14.4 Å². The molecule has 0 saturated heterocycles. The summed E-state index contributed by atoms with van der Waals surface area (Å²) in [5.41, 5.74) is 6.24. The Hall–Kier alpha value is -2.67. The van der Waals surface area contributed by atoms with E-state index in [0.717, 1.165) is 27.1 Å². The standard InChI is InChI=1S/C23H27N3O3S/c1-13-8-14(2)17(15(3)9-13)10-19(27)26-7-6-16-18(11-26)30-23-21(16)22(29)24(4)12-20(28)25(23)5/h8-9H,6-7,10-12H2,1-5H3. The average molecular weight is 426 g/mol. The second-order valence-corrected chi connectivity index (χ2v) is 9.50. The molecule has 1 aromatic carbocycles. The number of carbonyl (C=O) groups is 3. The average Bonchev–Trinajstić information content (AvgIpc) is 3.04. The molecule has 1 aromatic heterocycles. The molecule has 0 aliphatic carbocycles. The van der Waals surface area contributed by atoms with Crippen LogP contribution in [0.4, 0.5) is 5.00 Å². The molecule has 0 unspecified atom stereocenters. The van der Waals surface area contributed by atoms with E-state index in [1.165, 1.54) is 21.8 Å². The largest absolute Gasteiger partial charge is 0.337 e. The number of nitrogens with zero attached hydrogens (tertiary/aromatic N) is 3. The van der Waals surface area contributed by atoms with Crippen LogP contribution in [0.5, 0.6) is 0 Å². The van der Waals surface area contributed by atoms with Crippen LogP contribution in [0.3, 0.4) is 0 Å². The Morgan fingerprint density at radius 1 is 1.07 bits per heavy atom. The molecular formula is C23H27N3O3S. The van der Waals surface area contributed by atoms with Crippen LogP contribution in [0.25, 0.3) is 0 Å². The molecule has 0 bridgehead atoms. The van der Waals surface area contributed by atoms with Crippen molar-refractivity contribution in [1.82, 2.24) is 9.80 Å². The number of rotatable bonds is 2. The first-order valence-corrected chi connectivity index (χ1v) is 11.0. The van der Waals surface area contributed by atoms with Gasteiger partial charge in [-0.05, 0) is 49.4 Å². The number of amides is 3. The monoisotopic (exact) mass is 425 g/mol. The molecule has 2 aromatic rings. The molecule has 0 fully saturated rings. The van der Waals surface area contributed by atoms with Gasteiger partial charge in [0.25, 0.3) is 5.91 Å². The summed E-state index contributed by atoms with van der Waals surface area (Å²) in [6.45, 7) is 7.36. The normalized spacial score (nSPS) is 16.5. The molecule has 0 N–H and O–H groups in total. The molecule has 3 amide bonds. The number of anilines is 1.